The second-order valence-corrected chi connectivity index (χ2v) is 4.99. The van der Waals surface area contributed by atoms with Crippen LogP contribution in [-0.2, 0) is 0 Å². The summed E-state index contributed by atoms with van der Waals surface area (Å²) < 4.78 is 0. The molecule has 92 valence electrons. The summed E-state index contributed by atoms with van der Waals surface area (Å²) in [7, 11) is 0. The van der Waals surface area contributed by atoms with Crippen LogP contribution in [0.3, 0.4) is 0 Å². The van der Waals surface area contributed by atoms with Gasteiger partial charge in [-0.15, -0.1) is 0 Å². The maximum absolute atomic E-state index is 12.3. The molecule has 5 heteroatoms. The number of amides is 1. The standard InChI is InChI=1S/C12H14Cl2N2O/c1-8-7-16(6-5-15-8)12(17)9-3-2-4-10(13)11(9)14/h2-4,8,15H,5-7H2,1H3. The molecule has 3 nitrogen and oxygen atoms in total. The Balaban J connectivity index is 2.22. The zero-order valence-electron chi connectivity index (χ0n) is 9.54. The molecule has 1 heterocycles. The van der Waals surface area contributed by atoms with Gasteiger partial charge >= 0.3 is 0 Å². The molecule has 1 unspecified atom stereocenters. The van der Waals surface area contributed by atoms with Gasteiger partial charge in [-0.1, -0.05) is 29.3 Å². The van der Waals surface area contributed by atoms with E-state index in [4.69, 9.17) is 23.2 Å². The van der Waals surface area contributed by atoms with E-state index in [2.05, 4.69) is 12.2 Å². The SMILES string of the molecule is CC1CN(C(=O)c2cccc(Cl)c2Cl)CCN1. The van der Waals surface area contributed by atoms with Gasteiger partial charge in [0.05, 0.1) is 15.6 Å². The average Bonchev–Trinajstić information content (AvgIpc) is 2.32. The van der Waals surface area contributed by atoms with Gasteiger partial charge in [0, 0.05) is 25.7 Å². The van der Waals surface area contributed by atoms with Gasteiger partial charge in [-0.25, -0.2) is 0 Å². The smallest absolute Gasteiger partial charge is 0.255 e. The van der Waals surface area contributed by atoms with Crippen LogP contribution < -0.4 is 5.32 Å². The molecule has 1 atom stereocenters. The molecule has 1 aromatic rings. The van der Waals surface area contributed by atoms with Crippen molar-refractivity contribution in [3.05, 3.63) is 33.8 Å². The first-order valence-corrected chi connectivity index (χ1v) is 6.32. The topological polar surface area (TPSA) is 32.3 Å². The lowest BCUT2D eigenvalue weighted by Gasteiger charge is -2.32. The van der Waals surface area contributed by atoms with Crippen LogP contribution >= 0.6 is 23.2 Å². The summed E-state index contributed by atoms with van der Waals surface area (Å²) >= 11 is 12.0. The van der Waals surface area contributed by atoms with Crippen LogP contribution in [0.4, 0.5) is 0 Å². The second-order valence-electron chi connectivity index (χ2n) is 4.21. The summed E-state index contributed by atoms with van der Waals surface area (Å²) in [5.41, 5.74) is 0.480. The highest BCUT2D eigenvalue weighted by atomic mass is 35.5. The highest BCUT2D eigenvalue weighted by molar-refractivity contribution is 6.43. The van der Waals surface area contributed by atoms with E-state index in [9.17, 15) is 4.79 Å². The lowest BCUT2D eigenvalue weighted by atomic mass is 10.1. The predicted octanol–water partition coefficient (Wildman–Crippen LogP) is 2.43. The Kier molecular flexibility index (Phi) is 3.92. The summed E-state index contributed by atoms with van der Waals surface area (Å²) in [6.45, 7) is 4.26. The molecule has 0 bridgehead atoms. The molecule has 0 aromatic heterocycles. The summed E-state index contributed by atoms with van der Waals surface area (Å²) in [6.07, 6.45) is 0. The van der Waals surface area contributed by atoms with Crippen LogP contribution in [0.5, 0.6) is 0 Å². The average molecular weight is 273 g/mol. The van der Waals surface area contributed by atoms with Crippen LogP contribution in [0, 0.1) is 0 Å². The minimum Gasteiger partial charge on any atom is -0.336 e. The Morgan fingerprint density at radius 2 is 2.24 bits per heavy atom. The number of piperazine rings is 1. The van der Waals surface area contributed by atoms with Crippen molar-refractivity contribution in [3.8, 4) is 0 Å². The molecule has 1 aromatic carbocycles. The van der Waals surface area contributed by atoms with Crippen molar-refractivity contribution >= 4 is 29.1 Å². The fourth-order valence-corrected chi connectivity index (χ4v) is 2.34. The van der Waals surface area contributed by atoms with E-state index in [1.807, 2.05) is 0 Å². The first kappa shape index (κ1) is 12.7. The number of nitrogens with zero attached hydrogens (tertiary/aromatic N) is 1. The maximum Gasteiger partial charge on any atom is 0.255 e. The van der Waals surface area contributed by atoms with Gasteiger partial charge in [-0.2, -0.15) is 0 Å². The fraction of sp³-hybridized carbons (Fsp3) is 0.417. The third-order valence-electron chi connectivity index (χ3n) is 2.84. The number of carbonyl (C=O) groups is 1. The fourth-order valence-electron chi connectivity index (χ4n) is 1.96. The molecule has 0 spiro atoms. The number of hydrogen-bond acceptors (Lipinski definition) is 2. The molecule has 0 saturated carbocycles. The van der Waals surface area contributed by atoms with Crippen LogP contribution in [0.15, 0.2) is 18.2 Å². The molecule has 2 rings (SSSR count). The van der Waals surface area contributed by atoms with Gasteiger partial charge in [0.1, 0.15) is 0 Å². The van der Waals surface area contributed by atoms with Crippen molar-refractivity contribution in [2.75, 3.05) is 19.6 Å². The lowest BCUT2D eigenvalue weighted by molar-refractivity contribution is 0.0709. The molecule has 0 radical (unpaired) electrons. The van der Waals surface area contributed by atoms with Gasteiger partial charge in [0.15, 0.2) is 0 Å². The van der Waals surface area contributed by atoms with Crippen molar-refractivity contribution in [1.29, 1.82) is 0 Å². The van der Waals surface area contributed by atoms with Crippen molar-refractivity contribution in [2.24, 2.45) is 0 Å². The quantitative estimate of drug-likeness (QED) is 0.852. The molecule has 1 aliphatic heterocycles. The zero-order chi connectivity index (χ0) is 12.4. The number of benzene rings is 1. The molecule has 17 heavy (non-hydrogen) atoms. The Labute approximate surface area is 111 Å². The summed E-state index contributed by atoms with van der Waals surface area (Å²) in [6, 6.07) is 5.45. The molecule has 1 N–H and O–H groups in total. The van der Waals surface area contributed by atoms with Gasteiger partial charge in [0.2, 0.25) is 0 Å². The Morgan fingerprint density at radius 1 is 1.47 bits per heavy atom. The van der Waals surface area contributed by atoms with Crippen molar-refractivity contribution in [1.82, 2.24) is 10.2 Å². The van der Waals surface area contributed by atoms with Crippen molar-refractivity contribution < 1.29 is 4.79 Å². The number of rotatable bonds is 1. The second kappa shape index (κ2) is 5.25. The predicted molar refractivity (Wildman–Crippen MR) is 69.8 cm³/mol. The van der Waals surface area contributed by atoms with Gasteiger partial charge < -0.3 is 10.2 Å². The Morgan fingerprint density at radius 3 is 2.94 bits per heavy atom. The summed E-state index contributed by atoms with van der Waals surface area (Å²) in [5, 5.41) is 4.05. The Hall–Kier alpha value is -0.770. The number of carbonyl (C=O) groups excluding carboxylic acids is 1. The molecular weight excluding hydrogens is 259 g/mol. The van der Waals surface area contributed by atoms with E-state index in [0.717, 1.165) is 6.54 Å². The normalized spacial score (nSPS) is 20.4. The zero-order valence-corrected chi connectivity index (χ0v) is 11.1. The highest BCUT2D eigenvalue weighted by Crippen LogP contribution is 2.26. The number of nitrogens with one attached hydrogen (secondary N) is 1. The molecule has 1 saturated heterocycles. The summed E-state index contributed by atoms with van der Waals surface area (Å²) in [4.78, 5) is 14.1. The van der Waals surface area contributed by atoms with Gasteiger partial charge in [-0.05, 0) is 19.1 Å². The third kappa shape index (κ3) is 2.73. The van der Waals surface area contributed by atoms with Crippen molar-refractivity contribution in [2.45, 2.75) is 13.0 Å². The van der Waals surface area contributed by atoms with Gasteiger partial charge in [0.25, 0.3) is 5.91 Å². The molecule has 1 amide bonds. The molecular formula is C12H14Cl2N2O. The van der Waals surface area contributed by atoms with Crippen molar-refractivity contribution in [3.63, 3.8) is 0 Å². The third-order valence-corrected chi connectivity index (χ3v) is 3.66. The monoisotopic (exact) mass is 272 g/mol. The van der Waals surface area contributed by atoms with Crippen LogP contribution in [0.1, 0.15) is 17.3 Å². The summed E-state index contributed by atoms with van der Waals surface area (Å²) in [5.74, 6) is -0.0501. The lowest BCUT2D eigenvalue weighted by Crippen LogP contribution is -2.51. The minimum atomic E-state index is -0.0501. The van der Waals surface area contributed by atoms with E-state index in [1.54, 1.807) is 23.1 Å². The first-order chi connectivity index (χ1) is 8.09. The van der Waals surface area contributed by atoms with E-state index in [-0.39, 0.29) is 5.91 Å². The number of halogens is 2. The first-order valence-electron chi connectivity index (χ1n) is 5.56. The molecule has 1 aliphatic rings. The number of hydrogen-bond donors (Lipinski definition) is 1. The minimum absolute atomic E-state index is 0.0501. The van der Waals surface area contributed by atoms with Crippen LogP contribution in [0.25, 0.3) is 0 Å². The Bertz CT molecular complexity index is 437. The molecule has 1 fully saturated rings. The van der Waals surface area contributed by atoms with E-state index in [1.165, 1.54) is 0 Å². The van der Waals surface area contributed by atoms with Crippen LogP contribution in [-0.4, -0.2) is 36.5 Å². The largest absolute Gasteiger partial charge is 0.336 e. The van der Waals surface area contributed by atoms with E-state index in [0.29, 0.717) is 34.7 Å². The van der Waals surface area contributed by atoms with Crippen LogP contribution in [0.2, 0.25) is 10.0 Å². The maximum atomic E-state index is 12.3. The van der Waals surface area contributed by atoms with E-state index >= 15 is 0 Å². The molecule has 0 aliphatic carbocycles. The van der Waals surface area contributed by atoms with Gasteiger partial charge in [-0.3, -0.25) is 4.79 Å². The highest BCUT2D eigenvalue weighted by Gasteiger charge is 2.23. The van der Waals surface area contributed by atoms with E-state index < -0.39 is 0 Å².